The lowest BCUT2D eigenvalue weighted by Gasteiger charge is -2.04. The summed E-state index contributed by atoms with van der Waals surface area (Å²) in [5.41, 5.74) is 0.741. The largest absolute Gasteiger partial charge is 0.480 e. The van der Waals surface area contributed by atoms with Gasteiger partial charge in [0.05, 0.1) is 0 Å². The number of aliphatic carboxylic acids is 1. The van der Waals surface area contributed by atoms with Crippen LogP contribution in [0.3, 0.4) is 0 Å². The van der Waals surface area contributed by atoms with Gasteiger partial charge in [0.15, 0.2) is 5.17 Å². The number of nitrogens with one attached hydrogen (secondary N) is 2. The van der Waals surface area contributed by atoms with Crippen LogP contribution in [0.4, 0.5) is 0 Å². The van der Waals surface area contributed by atoms with Crippen LogP contribution in [0.15, 0.2) is 10.2 Å². The minimum absolute atomic E-state index is 0.0996. The summed E-state index contributed by atoms with van der Waals surface area (Å²) in [5, 5.41) is 20.4. The molecule has 0 aliphatic carbocycles. The summed E-state index contributed by atoms with van der Waals surface area (Å²) in [6.07, 6.45) is -0.0996. The third-order valence-electron chi connectivity index (χ3n) is 1.92. The third kappa shape index (κ3) is 5.51. The lowest BCUT2D eigenvalue weighted by atomic mass is 10.2. The number of carbonyl (C=O) groups excluding carboxylic acids is 2. The lowest BCUT2D eigenvalue weighted by Crippen LogP contribution is -2.33. The van der Waals surface area contributed by atoms with Gasteiger partial charge in [-0.25, -0.2) is 0 Å². The second-order valence-electron chi connectivity index (χ2n) is 3.92. The van der Waals surface area contributed by atoms with Crippen LogP contribution >= 0.6 is 11.8 Å². The normalized spacial score (nSPS) is 20.0. The predicted molar refractivity (Wildman–Crippen MR) is 71.0 cm³/mol. The zero-order valence-electron chi connectivity index (χ0n) is 10.5. The van der Waals surface area contributed by atoms with Gasteiger partial charge in [-0.15, -0.1) is 5.10 Å². The Balaban J connectivity index is 2.50. The Morgan fingerprint density at radius 3 is 2.74 bits per heavy atom. The topological polar surface area (TPSA) is 120 Å². The number of thioether (sulfide) groups is 1. The van der Waals surface area contributed by atoms with Crippen molar-refractivity contribution in [2.45, 2.75) is 25.5 Å². The Labute approximate surface area is 113 Å². The smallest absolute Gasteiger partial charge is 0.322 e. The maximum atomic E-state index is 11.5. The van der Waals surface area contributed by atoms with Crippen molar-refractivity contribution in [2.75, 3.05) is 6.54 Å². The van der Waals surface area contributed by atoms with Crippen LogP contribution in [0.5, 0.6) is 0 Å². The van der Waals surface area contributed by atoms with Crippen LogP contribution in [0.2, 0.25) is 0 Å². The minimum Gasteiger partial charge on any atom is -0.480 e. The summed E-state index contributed by atoms with van der Waals surface area (Å²) in [6, 6.07) is 0. The Bertz CT molecular complexity index is 456. The number of rotatable bonds is 5. The SMILES string of the molecule is CC(C)=NN=C1NC(=O)C(CC(=O)NCC(=O)O)S1. The molecule has 1 saturated heterocycles. The van der Waals surface area contributed by atoms with E-state index < -0.39 is 23.7 Å². The van der Waals surface area contributed by atoms with E-state index in [1.807, 2.05) is 0 Å². The summed E-state index contributed by atoms with van der Waals surface area (Å²) in [6.45, 7) is 3.07. The van der Waals surface area contributed by atoms with Gasteiger partial charge < -0.3 is 15.7 Å². The molecule has 0 spiro atoms. The van der Waals surface area contributed by atoms with Gasteiger partial charge in [-0.2, -0.15) is 5.10 Å². The maximum Gasteiger partial charge on any atom is 0.322 e. The van der Waals surface area contributed by atoms with Gasteiger partial charge in [0, 0.05) is 12.1 Å². The van der Waals surface area contributed by atoms with Crippen LogP contribution < -0.4 is 10.6 Å². The molecule has 3 N–H and O–H groups in total. The Kier molecular flexibility index (Phi) is 5.49. The van der Waals surface area contributed by atoms with Crippen molar-refractivity contribution >= 4 is 40.4 Å². The zero-order chi connectivity index (χ0) is 14.4. The van der Waals surface area contributed by atoms with E-state index in [0.717, 1.165) is 17.5 Å². The highest BCUT2D eigenvalue weighted by atomic mass is 32.2. The highest BCUT2D eigenvalue weighted by Crippen LogP contribution is 2.22. The van der Waals surface area contributed by atoms with Crippen molar-refractivity contribution in [1.29, 1.82) is 0 Å². The van der Waals surface area contributed by atoms with Crippen molar-refractivity contribution in [2.24, 2.45) is 10.2 Å². The molecule has 1 atom stereocenters. The first-order chi connectivity index (χ1) is 8.88. The van der Waals surface area contributed by atoms with E-state index in [1.165, 1.54) is 0 Å². The molecule has 1 heterocycles. The third-order valence-corrected chi connectivity index (χ3v) is 3.00. The molecule has 1 unspecified atom stereocenters. The molecule has 2 amide bonds. The van der Waals surface area contributed by atoms with Crippen LogP contribution in [-0.2, 0) is 14.4 Å². The molecule has 0 radical (unpaired) electrons. The van der Waals surface area contributed by atoms with Crippen molar-refractivity contribution in [3.8, 4) is 0 Å². The molecule has 1 aliphatic heterocycles. The van der Waals surface area contributed by atoms with Gasteiger partial charge in [-0.05, 0) is 13.8 Å². The molecule has 19 heavy (non-hydrogen) atoms. The highest BCUT2D eigenvalue weighted by molar-refractivity contribution is 8.15. The standard InChI is InChI=1S/C10H14N4O4S/c1-5(2)13-14-10-12-9(18)6(19-10)3-7(15)11-4-8(16)17/h6H,3-4H2,1-2H3,(H,11,15)(H,16,17)(H,12,14,18). The average Bonchev–Trinajstić information content (AvgIpc) is 2.65. The van der Waals surface area contributed by atoms with Crippen molar-refractivity contribution < 1.29 is 19.5 Å². The fraction of sp³-hybridized carbons (Fsp3) is 0.500. The molecule has 1 fully saturated rings. The molecule has 0 bridgehead atoms. The van der Waals surface area contributed by atoms with Crippen LogP contribution in [0.25, 0.3) is 0 Å². The first kappa shape index (κ1) is 15.2. The summed E-state index contributed by atoms with van der Waals surface area (Å²) in [4.78, 5) is 33.2. The van der Waals surface area contributed by atoms with Crippen LogP contribution in [-0.4, -0.2) is 45.6 Å². The van der Waals surface area contributed by atoms with Gasteiger partial charge in [0.1, 0.15) is 11.8 Å². The molecule has 1 aliphatic rings. The second kappa shape index (κ2) is 6.88. The zero-order valence-corrected chi connectivity index (χ0v) is 11.3. The average molecular weight is 286 g/mol. The van der Waals surface area contributed by atoms with E-state index in [4.69, 9.17) is 5.11 Å². The Hall–Kier alpha value is -1.90. The molecule has 8 nitrogen and oxygen atoms in total. The molecule has 0 aromatic rings. The van der Waals surface area contributed by atoms with Crippen LogP contribution in [0.1, 0.15) is 20.3 Å². The quantitative estimate of drug-likeness (QED) is 0.467. The molecule has 9 heteroatoms. The number of hydrogen-bond acceptors (Lipinski definition) is 6. The fourth-order valence-electron chi connectivity index (χ4n) is 1.15. The number of hydrogen-bond donors (Lipinski definition) is 3. The predicted octanol–water partition coefficient (Wildman–Crippen LogP) is -0.439. The van der Waals surface area contributed by atoms with Crippen molar-refractivity contribution in [3.05, 3.63) is 0 Å². The van der Waals surface area contributed by atoms with Gasteiger partial charge in [-0.3, -0.25) is 14.4 Å². The molecular weight excluding hydrogens is 272 g/mol. The molecule has 0 saturated carbocycles. The number of amides is 2. The van der Waals surface area contributed by atoms with E-state index in [-0.39, 0.29) is 12.3 Å². The monoisotopic (exact) mass is 286 g/mol. The Morgan fingerprint density at radius 2 is 2.16 bits per heavy atom. The van der Waals surface area contributed by atoms with Gasteiger partial charge in [0.2, 0.25) is 11.8 Å². The first-order valence-electron chi connectivity index (χ1n) is 5.43. The van der Waals surface area contributed by atoms with E-state index in [0.29, 0.717) is 5.17 Å². The Morgan fingerprint density at radius 1 is 1.47 bits per heavy atom. The van der Waals surface area contributed by atoms with E-state index in [2.05, 4.69) is 20.8 Å². The van der Waals surface area contributed by atoms with E-state index in [1.54, 1.807) is 13.8 Å². The highest BCUT2D eigenvalue weighted by Gasteiger charge is 2.32. The van der Waals surface area contributed by atoms with Gasteiger partial charge >= 0.3 is 5.97 Å². The van der Waals surface area contributed by atoms with E-state index in [9.17, 15) is 14.4 Å². The van der Waals surface area contributed by atoms with E-state index >= 15 is 0 Å². The lowest BCUT2D eigenvalue weighted by molar-refractivity contribution is -0.137. The second-order valence-corrected chi connectivity index (χ2v) is 5.11. The number of carboxylic acids is 1. The number of nitrogens with zero attached hydrogens (tertiary/aromatic N) is 2. The fourth-order valence-corrected chi connectivity index (χ4v) is 2.06. The molecular formula is C10H14N4O4S. The number of carboxylic acid groups (broad SMARTS) is 1. The van der Waals surface area contributed by atoms with Gasteiger partial charge in [0.25, 0.3) is 0 Å². The summed E-state index contributed by atoms with van der Waals surface area (Å²) >= 11 is 1.10. The van der Waals surface area contributed by atoms with Crippen LogP contribution in [0, 0.1) is 0 Å². The molecule has 0 aromatic carbocycles. The minimum atomic E-state index is -1.13. The summed E-state index contributed by atoms with van der Waals surface area (Å²) < 4.78 is 0. The summed E-state index contributed by atoms with van der Waals surface area (Å²) in [7, 11) is 0. The molecule has 0 aromatic heterocycles. The van der Waals surface area contributed by atoms with Crippen molar-refractivity contribution in [3.63, 3.8) is 0 Å². The number of carbonyl (C=O) groups is 3. The van der Waals surface area contributed by atoms with Gasteiger partial charge in [-0.1, -0.05) is 11.8 Å². The number of amidine groups is 1. The maximum absolute atomic E-state index is 11.5. The molecule has 104 valence electrons. The van der Waals surface area contributed by atoms with Crippen molar-refractivity contribution in [1.82, 2.24) is 10.6 Å². The molecule has 1 rings (SSSR count). The first-order valence-corrected chi connectivity index (χ1v) is 6.31. The summed E-state index contributed by atoms with van der Waals surface area (Å²) in [5.74, 6) is -1.96.